The molecule has 0 fully saturated rings. The lowest BCUT2D eigenvalue weighted by molar-refractivity contribution is -0.111. The molecular formula is C14H16ClNO3. The zero-order valence-electron chi connectivity index (χ0n) is 11.1. The minimum atomic E-state index is -0.266. The van der Waals surface area contributed by atoms with Crippen LogP contribution >= 0.6 is 11.6 Å². The number of carbonyl (C=O) groups is 1. The van der Waals surface area contributed by atoms with Crippen LogP contribution in [-0.2, 0) is 4.79 Å². The molecule has 0 spiro atoms. The summed E-state index contributed by atoms with van der Waals surface area (Å²) in [6.07, 6.45) is 6.65. The molecule has 0 aliphatic rings. The first-order valence-electron chi connectivity index (χ1n) is 5.64. The number of methoxy groups -OCH3 is 2. The van der Waals surface area contributed by atoms with E-state index in [1.807, 2.05) is 13.0 Å². The largest absolute Gasteiger partial charge is 0.495 e. The Labute approximate surface area is 117 Å². The number of amides is 1. The van der Waals surface area contributed by atoms with Crippen molar-refractivity contribution >= 4 is 23.2 Å². The van der Waals surface area contributed by atoms with Crippen molar-refractivity contribution in [1.82, 2.24) is 0 Å². The van der Waals surface area contributed by atoms with Gasteiger partial charge in [0.05, 0.1) is 24.9 Å². The number of ether oxygens (including phenoxy) is 2. The first-order chi connectivity index (χ1) is 9.12. The second-order valence-electron chi connectivity index (χ2n) is 3.56. The SMILES string of the molecule is C/C=C/C=C/C(=O)Nc1cc(Cl)c(OC)cc1OC. The van der Waals surface area contributed by atoms with Crippen LogP contribution in [0.25, 0.3) is 0 Å². The average molecular weight is 282 g/mol. The predicted octanol–water partition coefficient (Wildman–Crippen LogP) is 3.43. The van der Waals surface area contributed by atoms with Crippen LogP contribution < -0.4 is 14.8 Å². The van der Waals surface area contributed by atoms with E-state index in [2.05, 4.69) is 5.32 Å². The minimum Gasteiger partial charge on any atom is -0.495 e. The molecule has 0 bridgehead atoms. The summed E-state index contributed by atoms with van der Waals surface area (Å²) in [5, 5.41) is 3.09. The van der Waals surface area contributed by atoms with Gasteiger partial charge in [-0.05, 0) is 13.0 Å². The van der Waals surface area contributed by atoms with Gasteiger partial charge in [0.15, 0.2) is 0 Å². The average Bonchev–Trinajstić information content (AvgIpc) is 2.39. The van der Waals surface area contributed by atoms with E-state index in [1.54, 1.807) is 24.3 Å². The lowest BCUT2D eigenvalue weighted by Crippen LogP contribution is -2.09. The maximum Gasteiger partial charge on any atom is 0.248 e. The first-order valence-corrected chi connectivity index (χ1v) is 6.02. The molecule has 0 unspecified atom stereocenters. The van der Waals surface area contributed by atoms with Gasteiger partial charge in [-0.2, -0.15) is 0 Å². The van der Waals surface area contributed by atoms with Gasteiger partial charge in [-0.25, -0.2) is 0 Å². The molecule has 0 aromatic heterocycles. The van der Waals surface area contributed by atoms with E-state index >= 15 is 0 Å². The van der Waals surface area contributed by atoms with Crippen LogP contribution in [0.4, 0.5) is 5.69 Å². The summed E-state index contributed by atoms with van der Waals surface area (Å²) in [7, 11) is 3.02. The van der Waals surface area contributed by atoms with Crippen LogP contribution in [0, 0.1) is 0 Å². The molecule has 1 aromatic rings. The molecule has 0 aliphatic carbocycles. The van der Waals surface area contributed by atoms with Crippen LogP contribution in [0.15, 0.2) is 36.4 Å². The molecule has 1 amide bonds. The number of allylic oxidation sites excluding steroid dienone is 3. The lowest BCUT2D eigenvalue weighted by atomic mass is 10.2. The van der Waals surface area contributed by atoms with Crippen molar-refractivity contribution in [1.29, 1.82) is 0 Å². The van der Waals surface area contributed by atoms with E-state index < -0.39 is 0 Å². The van der Waals surface area contributed by atoms with E-state index in [0.29, 0.717) is 22.2 Å². The third-order valence-electron chi connectivity index (χ3n) is 2.28. The van der Waals surface area contributed by atoms with Gasteiger partial charge < -0.3 is 14.8 Å². The number of hydrogen-bond donors (Lipinski definition) is 1. The zero-order chi connectivity index (χ0) is 14.3. The quantitative estimate of drug-likeness (QED) is 0.664. The molecule has 0 saturated carbocycles. The third-order valence-corrected chi connectivity index (χ3v) is 2.58. The van der Waals surface area contributed by atoms with Crippen molar-refractivity contribution < 1.29 is 14.3 Å². The van der Waals surface area contributed by atoms with E-state index in [-0.39, 0.29) is 5.91 Å². The Morgan fingerprint density at radius 3 is 2.47 bits per heavy atom. The van der Waals surface area contributed by atoms with E-state index in [1.165, 1.54) is 20.3 Å². The summed E-state index contributed by atoms with van der Waals surface area (Å²) in [5.74, 6) is 0.702. The van der Waals surface area contributed by atoms with E-state index in [0.717, 1.165) is 0 Å². The molecule has 0 aliphatic heterocycles. The summed E-state index contributed by atoms with van der Waals surface area (Å²) in [6, 6.07) is 3.20. The van der Waals surface area contributed by atoms with Gasteiger partial charge in [-0.1, -0.05) is 29.8 Å². The van der Waals surface area contributed by atoms with Crippen molar-refractivity contribution in [2.45, 2.75) is 6.92 Å². The number of carbonyl (C=O) groups excluding carboxylic acids is 1. The highest BCUT2D eigenvalue weighted by molar-refractivity contribution is 6.32. The molecule has 0 radical (unpaired) electrons. The molecule has 19 heavy (non-hydrogen) atoms. The lowest BCUT2D eigenvalue weighted by Gasteiger charge is -2.12. The highest BCUT2D eigenvalue weighted by atomic mass is 35.5. The fraction of sp³-hybridized carbons (Fsp3) is 0.214. The van der Waals surface area contributed by atoms with Gasteiger partial charge in [0.1, 0.15) is 11.5 Å². The molecule has 1 rings (SSSR count). The van der Waals surface area contributed by atoms with Crippen molar-refractivity contribution in [2.75, 3.05) is 19.5 Å². The second kappa shape index (κ2) is 7.48. The normalized spacial score (nSPS) is 10.9. The Morgan fingerprint density at radius 1 is 1.21 bits per heavy atom. The Bertz CT molecular complexity index is 510. The van der Waals surface area contributed by atoms with Gasteiger partial charge in [0.25, 0.3) is 0 Å². The van der Waals surface area contributed by atoms with E-state index in [4.69, 9.17) is 21.1 Å². The number of rotatable bonds is 5. The van der Waals surface area contributed by atoms with E-state index in [9.17, 15) is 4.79 Å². The van der Waals surface area contributed by atoms with Crippen LogP contribution in [0.2, 0.25) is 5.02 Å². The molecule has 0 saturated heterocycles. The number of benzene rings is 1. The molecule has 102 valence electrons. The van der Waals surface area contributed by atoms with Gasteiger partial charge in [-0.3, -0.25) is 4.79 Å². The summed E-state index contributed by atoms with van der Waals surface area (Å²) < 4.78 is 10.3. The van der Waals surface area contributed by atoms with Crippen molar-refractivity contribution in [3.8, 4) is 11.5 Å². The maximum absolute atomic E-state index is 11.7. The Hall–Kier alpha value is -1.94. The highest BCUT2D eigenvalue weighted by Crippen LogP contribution is 2.35. The molecule has 1 aromatic carbocycles. The summed E-state index contributed by atoms with van der Waals surface area (Å²) in [5.41, 5.74) is 0.489. The smallest absolute Gasteiger partial charge is 0.248 e. The summed E-state index contributed by atoms with van der Waals surface area (Å²) in [6.45, 7) is 1.87. The summed E-state index contributed by atoms with van der Waals surface area (Å²) >= 11 is 6.01. The molecular weight excluding hydrogens is 266 g/mol. The number of hydrogen-bond acceptors (Lipinski definition) is 3. The van der Waals surface area contributed by atoms with Crippen molar-refractivity contribution in [3.05, 3.63) is 41.5 Å². The topological polar surface area (TPSA) is 47.6 Å². The number of anilines is 1. The van der Waals surface area contributed by atoms with Crippen LogP contribution in [-0.4, -0.2) is 20.1 Å². The molecule has 5 heteroatoms. The minimum absolute atomic E-state index is 0.266. The Balaban J connectivity index is 2.94. The zero-order valence-corrected chi connectivity index (χ0v) is 11.8. The first kappa shape index (κ1) is 15.1. The fourth-order valence-corrected chi connectivity index (χ4v) is 1.63. The fourth-order valence-electron chi connectivity index (χ4n) is 1.39. The van der Waals surface area contributed by atoms with Gasteiger partial charge in [-0.15, -0.1) is 0 Å². The molecule has 1 N–H and O–H groups in total. The Morgan fingerprint density at radius 2 is 1.89 bits per heavy atom. The van der Waals surface area contributed by atoms with Crippen LogP contribution in [0.1, 0.15) is 6.92 Å². The third kappa shape index (κ3) is 4.34. The standard InChI is InChI=1S/C14H16ClNO3/c1-4-5-6-7-14(17)16-11-8-10(15)12(18-2)9-13(11)19-3/h4-9H,1-3H3,(H,16,17)/b5-4+,7-6+. The van der Waals surface area contributed by atoms with Gasteiger partial charge >= 0.3 is 0 Å². The molecule has 4 nitrogen and oxygen atoms in total. The molecule has 0 heterocycles. The number of halogens is 1. The highest BCUT2D eigenvalue weighted by Gasteiger charge is 2.11. The maximum atomic E-state index is 11.7. The van der Waals surface area contributed by atoms with Crippen molar-refractivity contribution in [3.63, 3.8) is 0 Å². The van der Waals surface area contributed by atoms with Crippen molar-refractivity contribution in [2.24, 2.45) is 0 Å². The van der Waals surface area contributed by atoms with Crippen LogP contribution in [0.3, 0.4) is 0 Å². The van der Waals surface area contributed by atoms with Crippen LogP contribution in [0.5, 0.6) is 11.5 Å². The second-order valence-corrected chi connectivity index (χ2v) is 3.97. The summed E-state index contributed by atoms with van der Waals surface area (Å²) in [4.78, 5) is 11.7. The Kier molecular flexibility index (Phi) is 5.96. The monoisotopic (exact) mass is 281 g/mol. The van der Waals surface area contributed by atoms with Gasteiger partial charge in [0, 0.05) is 12.1 Å². The number of nitrogens with one attached hydrogen (secondary N) is 1. The predicted molar refractivity (Wildman–Crippen MR) is 77.1 cm³/mol. The van der Waals surface area contributed by atoms with Gasteiger partial charge in [0.2, 0.25) is 5.91 Å². The molecule has 0 atom stereocenters.